The molecular formula is C30H27F3N6O4. The van der Waals surface area contributed by atoms with Crippen LogP contribution in [0.25, 0.3) is 33.6 Å². The number of carbonyl (C=O) groups is 2. The first-order valence-electron chi connectivity index (χ1n) is 13.1. The highest BCUT2D eigenvalue weighted by molar-refractivity contribution is 6.11. The van der Waals surface area contributed by atoms with Crippen molar-refractivity contribution >= 4 is 28.7 Å². The van der Waals surface area contributed by atoms with Crippen LogP contribution in [-0.4, -0.2) is 46.7 Å². The summed E-state index contributed by atoms with van der Waals surface area (Å²) in [6.45, 7) is 3.93. The van der Waals surface area contributed by atoms with Crippen molar-refractivity contribution in [3.63, 3.8) is 0 Å². The monoisotopic (exact) mass is 592 g/mol. The number of carbonyl (C=O) groups excluding carboxylic acids is 2. The Bertz CT molecular complexity index is 1800. The van der Waals surface area contributed by atoms with Gasteiger partial charge < -0.3 is 24.9 Å². The first-order valence-corrected chi connectivity index (χ1v) is 13.1. The van der Waals surface area contributed by atoms with Gasteiger partial charge in [0.05, 0.1) is 16.5 Å². The molecule has 0 saturated heterocycles. The molecule has 3 aromatic heterocycles. The van der Waals surface area contributed by atoms with E-state index in [1.165, 1.54) is 19.2 Å². The van der Waals surface area contributed by atoms with E-state index in [4.69, 9.17) is 8.94 Å². The highest BCUT2D eigenvalue weighted by Gasteiger charge is 2.30. The highest BCUT2D eigenvalue weighted by atomic mass is 19.4. The third kappa shape index (κ3) is 6.20. The summed E-state index contributed by atoms with van der Waals surface area (Å²) in [5.74, 6) is -0.600. The number of alkyl halides is 3. The molecule has 0 aliphatic heterocycles. The van der Waals surface area contributed by atoms with Crippen LogP contribution in [0.1, 0.15) is 46.0 Å². The summed E-state index contributed by atoms with van der Waals surface area (Å²) in [7, 11) is 1.46. The third-order valence-corrected chi connectivity index (χ3v) is 6.69. The van der Waals surface area contributed by atoms with Crippen molar-refractivity contribution in [3.05, 3.63) is 83.5 Å². The molecule has 0 atom stereocenters. The van der Waals surface area contributed by atoms with E-state index >= 15 is 0 Å². The molecule has 0 fully saturated rings. The van der Waals surface area contributed by atoms with E-state index in [9.17, 15) is 22.8 Å². The summed E-state index contributed by atoms with van der Waals surface area (Å²) in [5.41, 5.74) is 1.57. The molecule has 0 saturated carbocycles. The topological polar surface area (TPSA) is 135 Å². The Hall–Kier alpha value is -5.20. The summed E-state index contributed by atoms with van der Waals surface area (Å²) in [6.07, 6.45) is -3.39. The lowest BCUT2D eigenvalue weighted by Gasteiger charge is -2.22. The zero-order valence-electron chi connectivity index (χ0n) is 23.6. The predicted octanol–water partition coefficient (Wildman–Crippen LogP) is 5.85. The van der Waals surface area contributed by atoms with Gasteiger partial charge in [0, 0.05) is 23.7 Å². The number of halogens is 3. The van der Waals surface area contributed by atoms with Gasteiger partial charge in [-0.3, -0.25) is 9.59 Å². The second-order valence-electron chi connectivity index (χ2n) is 10.4. The standard InChI is InChI=1S/C30H27F3N6O4/c1-16-8-10-17(11-9-16)23-22(26(41)34-4)21-13-20(24(37-27(21)43-23)35-14-30(31,32)33)18-6-5-7-19(12-18)25(40)38-29(2,3)28-36-15-42-39-28/h5-13,15H,14H2,1-4H3,(H,34,41)(H,35,37)(H,38,40). The Kier molecular flexibility index (Phi) is 7.65. The van der Waals surface area contributed by atoms with Gasteiger partial charge in [0.1, 0.15) is 18.1 Å². The first-order chi connectivity index (χ1) is 20.4. The van der Waals surface area contributed by atoms with Crippen molar-refractivity contribution in [2.75, 3.05) is 18.9 Å². The number of pyridine rings is 1. The molecule has 0 bridgehead atoms. The van der Waals surface area contributed by atoms with Crippen molar-refractivity contribution in [1.29, 1.82) is 0 Å². The molecule has 2 aromatic carbocycles. The summed E-state index contributed by atoms with van der Waals surface area (Å²) in [4.78, 5) is 34.7. The Balaban J connectivity index is 1.64. The molecule has 5 aromatic rings. The lowest BCUT2D eigenvalue weighted by molar-refractivity contribution is -0.115. The highest BCUT2D eigenvalue weighted by Crippen LogP contribution is 2.38. The van der Waals surface area contributed by atoms with Gasteiger partial charge in [-0.15, -0.1) is 0 Å². The van der Waals surface area contributed by atoms with Crippen LogP contribution in [0.4, 0.5) is 19.0 Å². The fourth-order valence-corrected chi connectivity index (χ4v) is 4.51. The number of amides is 2. The van der Waals surface area contributed by atoms with Crippen LogP contribution >= 0.6 is 0 Å². The molecule has 222 valence electrons. The summed E-state index contributed by atoms with van der Waals surface area (Å²) < 4.78 is 50.6. The number of rotatable bonds is 8. The fraction of sp³-hybridized carbons (Fsp3) is 0.233. The average molecular weight is 593 g/mol. The summed E-state index contributed by atoms with van der Waals surface area (Å²) in [6, 6.07) is 15.1. The Morgan fingerprint density at radius 1 is 0.977 bits per heavy atom. The van der Waals surface area contributed by atoms with Gasteiger partial charge in [-0.25, -0.2) is 0 Å². The van der Waals surface area contributed by atoms with Crippen molar-refractivity contribution in [1.82, 2.24) is 25.8 Å². The second kappa shape index (κ2) is 11.2. The maximum absolute atomic E-state index is 13.3. The van der Waals surface area contributed by atoms with E-state index in [-0.39, 0.29) is 45.2 Å². The maximum atomic E-state index is 13.3. The lowest BCUT2D eigenvalue weighted by Crippen LogP contribution is -2.41. The number of furan rings is 1. The third-order valence-electron chi connectivity index (χ3n) is 6.69. The van der Waals surface area contributed by atoms with Crippen LogP contribution in [0.3, 0.4) is 0 Å². The van der Waals surface area contributed by atoms with Gasteiger partial charge >= 0.3 is 6.18 Å². The molecule has 0 radical (unpaired) electrons. The molecule has 43 heavy (non-hydrogen) atoms. The van der Waals surface area contributed by atoms with Gasteiger partial charge in [-0.05, 0) is 44.5 Å². The van der Waals surface area contributed by atoms with E-state index in [0.717, 1.165) is 12.0 Å². The van der Waals surface area contributed by atoms with Gasteiger partial charge in [-0.1, -0.05) is 47.1 Å². The van der Waals surface area contributed by atoms with Crippen molar-refractivity contribution in [2.24, 2.45) is 0 Å². The number of hydrogen-bond donors (Lipinski definition) is 3. The molecule has 5 rings (SSSR count). The maximum Gasteiger partial charge on any atom is 0.405 e. The Morgan fingerprint density at radius 2 is 1.72 bits per heavy atom. The number of hydrogen-bond acceptors (Lipinski definition) is 8. The minimum Gasteiger partial charge on any atom is -0.437 e. The van der Waals surface area contributed by atoms with Crippen LogP contribution in [0.5, 0.6) is 0 Å². The average Bonchev–Trinajstić information content (AvgIpc) is 3.64. The summed E-state index contributed by atoms with van der Waals surface area (Å²) in [5, 5.41) is 11.8. The van der Waals surface area contributed by atoms with E-state index in [2.05, 4.69) is 31.1 Å². The molecule has 3 N–H and O–H groups in total. The largest absolute Gasteiger partial charge is 0.437 e. The molecule has 0 spiro atoms. The van der Waals surface area contributed by atoms with Crippen LogP contribution in [0.15, 0.2) is 69.9 Å². The molecule has 10 nitrogen and oxygen atoms in total. The number of nitrogens with zero attached hydrogens (tertiary/aromatic N) is 3. The van der Waals surface area contributed by atoms with Crippen molar-refractivity contribution < 1.29 is 31.7 Å². The first kappa shape index (κ1) is 29.3. The fourth-order valence-electron chi connectivity index (χ4n) is 4.51. The molecular weight excluding hydrogens is 565 g/mol. The summed E-state index contributed by atoms with van der Waals surface area (Å²) >= 11 is 0. The van der Waals surface area contributed by atoms with Gasteiger partial charge in [0.25, 0.3) is 11.8 Å². The Morgan fingerprint density at radius 3 is 2.37 bits per heavy atom. The molecule has 2 amide bonds. The minimum absolute atomic E-state index is 0.0293. The lowest BCUT2D eigenvalue weighted by atomic mass is 9.99. The van der Waals surface area contributed by atoms with E-state index in [0.29, 0.717) is 11.1 Å². The zero-order valence-corrected chi connectivity index (χ0v) is 23.6. The van der Waals surface area contributed by atoms with E-state index in [1.54, 1.807) is 44.2 Å². The number of nitrogens with one attached hydrogen (secondary N) is 3. The quantitative estimate of drug-likeness (QED) is 0.204. The van der Waals surface area contributed by atoms with Gasteiger partial charge in [-0.2, -0.15) is 23.1 Å². The number of aryl methyl sites for hydroxylation is 1. The number of anilines is 1. The van der Waals surface area contributed by atoms with Crippen molar-refractivity contribution in [2.45, 2.75) is 32.5 Å². The molecule has 0 aliphatic rings. The normalized spacial score (nSPS) is 11.9. The molecule has 3 heterocycles. The second-order valence-corrected chi connectivity index (χ2v) is 10.4. The number of aromatic nitrogens is 3. The van der Waals surface area contributed by atoms with Crippen LogP contribution < -0.4 is 16.0 Å². The van der Waals surface area contributed by atoms with Crippen molar-refractivity contribution in [3.8, 4) is 22.5 Å². The van der Waals surface area contributed by atoms with E-state index < -0.39 is 30.1 Å². The zero-order chi connectivity index (χ0) is 30.9. The van der Waals surface area contributed by atoms with Gasteiger partial charge in [0.2, 0.25) is 12.1 Å². The smallest absolute Gasteiger partial charge is 0.405 e. The van der Waals surface area contributed by atoms with Crippen LogP contribution in [0, 0.1) is 6.92 Å². The Labute approximate surface area is 243 Å². The molecule has 0 aliphatic carbocycles. The number of benzene rings is 2. The minimum atomic E-state index is -4.54. The molecule has 13 heteroatoms. The SMILES string of the molecule is CNC(=O)c1c(-c2ccc(C)cc2)oc2nc(NCC(F)(F)F)c(-c3cccc(C(=O)NC(C)(C)c4ncon4)c3)cc12. The number of fused-ring (bicyclic) bond motifs is 1. The predicted molar refractivity (Wildman–Crippen MR) is 152 cm³/mol. The molecule has 0 unspecified atom stereocenters. The van der Waals surface area contributed by atoms with Gasteiger partial charge in [0.15, 0.2) is 5.82 Å². The van der Waals surface area contributed by atoms with Crippen LogP contribution in [0.2, 0.25) is 0 Å². The van der Waals surface area contributed by atoms with E-state index in [1.807, 2.05) is 19.1 Å². The van der Waals surface area contributed by atoms with Crippen LogP contribution in [-0.2, 0) is 5.54 Å².